The summed E-state index contributed by atoms with van der Waals surface area (Å²) >= 11 is 0. The van der Waals surface area contributed by atoms with Crippen LogP contribution in [0.5, 0.6) is 17.2 Å². The number of sulfonamides is 1. The lowest BCUT2D eigenvalue weighted by atomic mass is 10.1. The predicted molar refractivity (Wildman–Crippen MR) is 156 cm³/mol. The summed E-state index contributed by atoms with van der Waals surface area (Å²) in [7, 11) is 2.10. The summed E-state index contributed by atoms with van der Waals surface area (Å²) in [4.78, 5) is 12.6. The molecule has 4 aromatic rings. The molecular weight excluding hydrogens is 546 g/mol. The molecule has 0 fully saturated rings. The van der Waals surface area contributed by atoms with Crippen LogP contribution in [-0.2, 0) is 35.5 Å². The van der Waals surface area contributed by atoms with E-state index in [0.717, 1.165) is 11.3 Å². The van der Waals surface area contributed by atoms with E-state index in [0.29, 0.717) is 29.8 Å². The number of allylic oxidation sites excluding steroid dienone is 2. The van der Waals surface area contributed by atoms with E-state index in [1.54, 1.807) is 26.2 Å². The van der Waals surface area contributed by atoms with Crippen molar-refractivity contribution in [1.82, 2.24) is 9.13 Å². The third-order valence-electron chi connectivity index (χ3n) is 6.84. The number of methoxy groups -OCH3 is 2. The van der Waals surface area contributed by atoms with Gasteiger partial charge in [-0.1, -0.05) is 36.4 Å². The highest BCUT2D eigenvalue weighted by molar-refractivity contribution is 7.92. The summed E-state index contributed by atoms with van der Waals surface area (Å²) < 4.78 is 55.4. The van der Waals surface area contributed by atoms with Crippen LogP contribution < -0.4 is 24.6 Å². The normalized spacial score (nSPS) is 14.9. The Kier molecular flexibility index (Phi) is 7.80. The molecule has 0 amide bonds. The van der Waals surface area contributed by atoms with E-state index in [9.17, 15) is 13.2 Å². The average molecular weight is 578 g/mol. The average Bonchev–Trinajstić information content (AvgIpc) is 3.19. The second-order valence-corrected chi connectivity index (χ2v) is 11.2. The van der Waals surface area contributed by atoms with Crippen molar-refractivity contribution in [2.75, 3.05) is 18.9 Å². The second kappa shape index (κ2) is 11.5. The van der Waals surface area contributed by atoms with E-state index < -0.39 is 16.1 Å². The first-order valence-corrected chi connectivity index (χ1v) is 14.3. The van der Waals surface area contributed by atoms with Gasteiger partial charge in [0.05, 0.1) is 35.8 Å². The van der Waals surface area contributed by atoms with Crippen LogP contribution in [0.2, 0.25) is 0 Å². The van der Waals surface area contributed by atoms with E-state index >= 15 is 0 Å². The fourth-order valence-corrected chi connectivity index (χ4v) is 5.69. The number of imidazole rings is 1. The first kappa shape index (κ1) is 27.9. The van der Waals surface area contributed by atoms with Gasteiger partial charge in [-0.2, -0.15) is 0 Å². The van der Waals surface area contributed by atoms with E-state index in [4.69, 9.17) is 18.9 Å². The fourth-order valence-electron chi connectivity index (χ4n) is 4.61. The van der Waals surface area contributed by atoms with Crippen molar-refractivity contribution < 1.29 is 27.4 Å². The first-order valence-electron chi connectivity index (χ1n) is 12.8. The van der Waals surface area contributed by atoms with E-state index in [2.05, 4.69) is 4.72 Å². The molecule has 214 valence electrons. The van der Waals surface area contributed by atoms with Crippen molar-refractivity contribution in [2.45, 2.75) is 24.0 Å². The maximum absolute atomic E-state index is 13.5. The number of nitrogens with zero attached hydrogens (tertiary/aromatic N) is 2. The smallest absolute Gasteiger partial charge is 0.328 e. The molecule has 1 atom stereocenters. The molecule has 1 aliphatic rings. The quantitative estimate of drug-likeness (QED) is 0.296. The number of hydrogen-bond acceptors (Lipinski definition) is 7. The zero-order valence-corrected chi connectivity index (χ0v) is 24.0. The lowest BCUT2D eigenvalue weighted by Crippen LogP contribution is -2.20. The Bertz CT molecular complexity index is 1810. The molecule has 10 nitrogen and oxygen atoms in total. The molecule has 0 radical (unpaired) electrons. The van der Waals surface area contributed by atoms with Crippen molar-refractivity contribution in [2.24, 2.45) is 14.1 Å². The standard InChI is InChI=1S/C30H31N3O7S/c1-32-25-17-24(31-41(35,36)23-13-14-27(37-3)29(16-23)38-4)28(18-26(25)33(2)30(32)34)40-22-12-8-11-21(15-22)39-19-20-9-6-5-7-10-20/h5-14,16-18,22,31H,15,19H2,1-4H3. The molecule has 0 bridgehead atoms. The summed E-state index contributed by atoms with van der Waals surface area (Å²) in [6, 6.07) is 17.4. The van der Waals surface area contributed by atoms with Gasteiger partial charge in [-0.05, 0) is 35.9 Å². The molecular formula is C30H31N3O7S. The Morgan fingerprint density at radius 1 is 0.902 bits per heavy atom. The van der Waals surface area contributed by atoms with E-state index in [1.165, 1.54) is 41.6 Å². The van der Waals surface area contributed by atoms with Gasteiger partial charge < -0.3 is 18.9 Å². The number of benzene rings is 3. The molecule has 11 heteroatoms. The SMILES string of the molecule is COc1ccc(S(=O)(=O)Nc2cc3c(cc2OC2C=CC=C(OCc4ccccc4)C2)n(C)c(=O)n3C)cc1OC. The molecule has 1 heterocycles. The molecule has 3 aromatic carbocycles. The Morgan fingerprint density at radius 3 is 2.32 bits per heavy atom. The summed E-state index contributed by atoms with van der Waals surface area (Å²) in [5.41, 5.74) is 2.12. The highest BCUT2D eigenvalue weighted by Gasteiger charge is 2.23. The minimum absolute atomic E-state index is 0.0276. The lowest BCUT2D eigenvalue weighted by Gasteiger charge is -2.23. The number of hydrogen-bond donors (Lipinski definition) is 1. The van der Waals surface area contributed by atoms with Crippen LogP contribution in [0.15, 0.2) is 94.3 Å². The number of aromatic nitrogens is 2. The van der Waals surface area contributed by atoms with Crippen LogP contribution in [0.1, 0.15) is 12.0 Å². The molecule has 1 aliphatic carbocycles. The van der Waals surface area contributed by atoms with Crippen molar-refractivity contribution in [1.29, 1.82) is 0 Å². The third kappa shape index (κ3) is 5.80. The monoisotopic (exact) mass is 577 g/mol. The molecule has 41 heavy (non-hydrogen) atoms. The molecule has 0 spiro atoms. The van der Waals surface area contributed by atoms with Gasteiger partial charge in [-0.15, -0.1) is 0 Å². The van der Waals surface area contributed by atoms with Gasteiger partial charge in [0.15, 0.2) is 11.5 Å². The van der Waals surface area contributed by atoms with Crippen molar-refractivity contribution in [3.63, 3.8) is 0 Å². The maximum Gasteiger partial charge on any atom is 0.328 e. The summed E-state index contributed by atoms with van der Waals surface area (Å²) in [6.45, 7) is 0.418. The van der Waals surface area contributed by atoms with Crippen LogP contribution in [0.3, 0.4) is 0 Å². The molecule has 5 rings (SSSR count). The van der Waals surface area contributed by atoms with E-state index in [-0.39, 0.29) is 27.8 Å². The Morgan fingerprint density at radius 2 is 1.61 bits per heavy atom. The van der Waals surface area contributed by atoms with Gasteiger partial charge in [-0.3, -0.25) is 13.9 Å². The number of anilines is 1. The maximum atomic E-state index is 13.5. The minimum Gasteiger partial charge on any atom is -0.493 e. The Hall–Kier alpha value is -4.64. The molecule has 1 unspecified atom stereocenters. The van der Waals surface area contributed by atoms with Crippen molar-refractivity contribution in [3.8, 4) is 17.2 Å². The van der Waals surface area contributed by atoms with Gasteiger partial charge in [0.1, 0.15) is 24.2 Å². The molecule has 0 saturated carbocycles. The molecule has 0 aliphatic heterocycles. The minimum atomic E-state index is -4.08. The van der Waals surface area contributed by atoms with Crippen LogP contribution in [-0.4, -0.2) is 37.9 Å². The zero-order chi connectivity index (χ0) is 29.1. The predicted octanol–water partition coefficient (Wildman–Crippen LogP) is 4.50. The highest BCUT2D eigenvalue weighted by Crippen LogP contribution is 2.35. The summed E-state index contributed by atoms with van der Waals surface area (Å²) in [5, 5.41) is 0. The van der Waals surface area contributed by atoms with Gasteiger partial charge in [-0.25, -0.2) is 13.2 Å². The number of rotatable bonds is 10. The highest BCUT2D eigenvalue weighted by atomic mass is 32.2. The van der Waals surface area contributed by atoms with Crippen LogP contribution in [0, 0.1) is 0 Å². The molecule has 1 aromatic heterocycles. The fraction of sp³-hybridized carbons (Fsp3) is 0.233. The van der Waals surface area contributed by atoms with Crippen LogP contribution >= 0.6 is 0 Å². The zero-order valence-electron chi connectivity index (χ0n) is 23.2. The number of ether oxygens (including phenoxy) is 4. The van der Waals surface area contributed by atoms with Gasteiger partial charge >= 0.3 is 5.69 Å². The second-order valence-electron chi connectivity index (χ2n) is 9.51. The number of nitrogens with one attached hydrogen (secondary N) is 1. The van der Waals surface area contributed by atoms with Gasteiger partial charge in [0.25, 0.3) is 10.0 Å². The Labute approximate surface area is 238 Å². The topological polar surface area (TPSA) is 110 Å². The largest absolute Gasteiger partial charge is 0.493 e. The van der Waals surface area contributed by atoms with Crippen molar-refractivity contribution >= 4 is 26.7 Å². The van der Waals surface area contributed by atoms with Crippen molar-refractivity contribution in [3.05, 3.63) is 101 Å². The van der Waals surface area contributed by atoms with E-state index in [1.807, 2.05) is 48.6 Å². The lowest BCUT2D eigenvalue weighted by molar-refractivity contribution is 0.156. The molecule has 0 saturated heterocycles. The van der Waals surface area contributed by atoms with Crippen LogP contribution in [0.25, 0.3) is 11.0 Å². The van der Waals surface area contributed by atoms with Crippen LogP contribution in [0.4, 0.5) is 5.69 Å². The van der Waals surface area contributed by atoms with Gasteiger partial charge in [0.2, 0.25) is 0 Å². The third-order valence-corrected chi connectivity index (χ3v) is 8.20. The number of aryl methyl sites for hydroxylation is 2. The Balaban J connectivity index is 1.45. The molecule has 1 N–H and O–H groups in total. The summed E-state index contributed by atoms with van der Waals surface area (Å²) in [6.07, 6.45) is 5.60. The number of fused-ring (bicyclic) bond motifs is 1. The first-order chi connectivity index (χ1) is 19.7. The summed E-state index contributed by atoms with van der Waals surface area (Å²) in [5.74, 6) is 1.68. The van der Waals surface area contributed by atoms with Gasteiger partial charge in [0, 0.05) is 32.6 Å².